The molecule has 124 valence electrons. The summed E-state index contributed by atoms with van der Waals surface area (Å²) in [6.07, 6.45) is 3.10. The van der Waals surface area contributed by atoms with E-state index in [0.717, 1.165) is 0 Å². The van der Waals surface area contributed by atoms with Crippen LogP contribution in [-0.2, 0) is 11.2 Å². The zero-order valence-corrected chi connectivity index (χ0v) is 14.5. The molecule has 24 heavy (non-hydrogen) atoms. The molecule has 5 nitrogen and oxygen atoms in total. The molecule has 0 saturated carbocycles. The second kappa shape index (κ2) is 8.40. The van der Waals surface area contributed by atoms with Crippen molar-refractivity contribution in [3.63, 3.8) is 0 Å². The van der Waals surface area contributed by atoms with Crippen LogP contribution in [0.15, 0.2) is 29.9 Å². The maximum absolute atomic E-state index is 10.6. The molecule has 0 N–H and O–H groups in total. The van der Waals surface area contributed by atoms with Crippen molar-refractivity contribution in [3.05, 3.63) is 51.0 Å². The highest BCUT2D eigenvalue weighted by molar-refractivity contribution is 6.36. The molecule has 1 aromatic carbocycles. The van der Waals surface area contributed by atoms with Gasteiger partial charge in [-0.05, 0) is 49.6 Å². The number of benzene rings is 1. The number of carboxylic acid groups (broad SMARTS) is 1. The van der Waals surface area contributed by atoms with Gasteiger partial charge in [0.15, 0.2) is 0 Å². The fraction of sp³-hybridized carbons (Fsp3) is 0.235. The van der Waals surface area contributed by atoms with Crippen molar-refractivity contribution in [2.75, 3.05) is 0 Å². The number of carbonyl (C=O) groups is 1. The lowest BCUT2D eigenvalue weighted by atomic mass is 9.97. The molecule has 0 aliphatic rings. The Morgan fingerprint density at radius 1 is 1.29 bits per heavy atom. The van der Waals surface area contributed by atoms with Crippen molar-refractivity contribution < 1.29 is 14.6 Å². The summed E-state index contributed by atoms with van der Waals surface area (Å²) in [6, 6.07) is 6.76. The summed E-state index contributed by atoms with van der Waals surface area (Å²) in [5.41, 5.74) is 0.146. The summed E-state index contributed by atoms with van der Waals surface area (Å²) >= 11 is 12.4. The van der Waals surface area contributed by atoms with E-state index in [1.165, 1.54) is 12.2 Å². The van der Waals surface area contributed by atoms with E-state index in [4.69, 9.17) is 38.5 Å². The van der Waals surface area contributed by atoms with E-state index in [1.807, 2.05) is 0 Å². The molecule has 0 saturated heterocycles. The van der Waals surface area contributed by atoms with Gasteiger partial charge in [-0.15, -0.1) is 0 Å². The Balaban J connectivity index is 3.05. The van der Waals surface area contributed by atoms with Gasteiger partial charge in [0, 0.05) is 15.6 Å². The number of rotatable bonds is 5. The average Bonchev–Trinajstić information content (AvgIpc) is 2.46. The van der Waals surface area contributed by atoms with Crippen LogP contribution in [0.2, 0.25) is 10.0 Å². The Kier molecular flexibility index (Phi) is 6.85. The monoisotopic (exact) mass is 363 g/mol. The topological polar surface area (TPSA) is 96.9 Å². The highest BCUT2D eigenvalue weighted by atomic mass is 35.5. The minimum atomic E-state index is -1.62. The summed E-state index contributed by atoms with van der Waals surface area (Å²) in [6.45, 7) is 3.17. The molecule has 0 aromatic heterocycles. The smallest absolute Gasteiger partial charge is 0.252 e. The van der Waals surface area contributed by atoms with Crippen molar-refractivity contribution in [2.24, 2.45) is 0 Å². The summed E-state index contributed by atoms with van der Waals surface area (Å²) in [5, 5.41) is 28.6. The van der Waals surface area contributed by atoms with Gasteiger partial charge in [0.2, 0.25) is 0 Å². The van der Waals surface area contributed by atoms with Crippen molar-refractivity contribution in [1.29, 1.82) is 10.5 Å². The van der Waals surface area contributed by atoms with Gasteiger partial charge in [-0.3, -0.25) is 0 Å². The minimum absolute atomic E-state index is 0.0266. The van der Waals surface area contributed by atoms with Gasteiger partial charge >= 0.3 is 0 Å². The van der Waals surface area contributed by atoms with Gasteiger partial charge in [0.25, 0.3) is 6.16 Å². The maximum Gasteiger partial charge on any atom is 0.252 e. The molecule has 0 aliphatic heterocycles. The predicted molar refractivity (Wildman–Crippen MR) is 89.1 cm³/mol. The average molecular weight is 364 g/mol. The third-order valence-electron chi connectivity index (χ3n) is 2.92. The second-order valence-corrected chi connectivity index (χ2v) is 6.23. The summed E-state index contributed by atoms with van der Waals surface area (Å²) in [4.78, 5) is 10.6. The molecule has 0 atom stereocenters. The fourth-order valence-electron chi connectivity index (χ4n) is 1.93. The molecule has 0 aliphatic carbocycles. The Bertz CT molecular complexity index is 745. The van der Waals surface area contributed by atoms with Gasteiger partial charge in [0.05, 0.1) is 0 Å². The van der Waals surface area contributed by atoms with E-state index in [-0.39, 0.29) is 12.0 Å². The maximum atomic E-state index is 10.6. The van der Waals surface area contributed by atoms with Crippen LogP contribution in [0.1, 0.15) is 25.0 Å². The number of hydrogen-bond acceptors (Lipinski definition) is 5. The van der Waals surface area contributed by atoms with Crippen LogP contribution < -0.4 is 5.11 Å². The van der Waals surface area contributed by atoms with E-state index in [2.05, 4.69) is 0 Å². The van der Waals surface area contributed by atoms with Gasteiger partial charge in [-0.25, -0.2) is 0 Å². The molecule has 7 heteroatoms. The number of nitriles is 2. The highest BCUT2D eigenvalue weighted by Crippen LogP contribution is 2.31. The van der Waals surface area contributed by atoms with Crippen LogP contribution >= 0.6 is 23.2 Å². The third-order valence-corrected chi connectivity index (χ3v) is 3.59. The first-order valence-corrected chi connectivity index (χ1v) is 7.50. The molecule has 0 amide bonds. The lowest BCUT2D eigenvalue weighted by Gasteiger charge is -2.30. The molecule has 1 rings (SSSR count). The van der Waals surface area contributed by atoms with Crippen molar-refractivity contribution >= 4 is 35.4 Å². The van der Waals surface area contributed by atoms with E-state index in [9.17, 15) is 9.90 Å². The standard InChI is InChI=1S/C17H14Cl2N2O3/c1-17(2,24-16(22)23)8-13-14(18)6-11(7-15(13)19)4-3-5-12(9-20)10-21/h3-7H,8H2,1-2H3,(H,22,23)/p-1. The van der Waals surface area contributed by atoms with Crippen LogP contribution in [0.4, 0.5) is 4.79 Å². The van der Waals surface area contributed by atoms with E-state index >= 15 is 0 Å². The summed E-state index contributed by atoms with van der Waals surface area (Å²) in [5.74, 6) is 0. The zero-order valence-electron chi connectivity index (χ0n) is 13.0. The first kappa shape index (κ1) is 19.6. The summed E-state index contributed by atoms with van der Waals surface area (Å²) in [7, 11) is 0. The van der Waals surface area contributed by atoms with Gasteiger partial charge < -0.3 is 14.6 Å². The lowest BCUT2D eigenvalue weighted by molar-refractivity contribution is -0.293. The van der Waals surface area contributed by atoms with E-state index in [0.29, 0.717) is 21.2 Å². The predicted octanol–water partition coefficient (Wildman–Crippen LogP) is 3.66. The number of halogens is 2. The molecule has 0 radical (unpaired) electrons. The van der Waals surface area contributed by atoms with Gasteiger partial charge in [0.1, 0.15) is 17.7 Å². The van der Waals surface area contributed by atoms with Crippen LogP contribution in [0.3, 0.4) is 0 Å². The number of hydrogen-bond donors (Lipinski definition) is 0. The summed E-state index contributed by atoms with van der Waals surface area (Å²) < 4.78 is 4.70. The van der Waals surface area contributed by atoms with E-state index < -0.39 is 11.8 Å². The van der Waals surface area contributed by atoms with Crippen LogP contribution in [0.5, 0.6) is 0 Å². The molecular formula is C17H13Cl2N2O3-. The number of allylic oxidation sites excluding steroid dienone is 3. The molecule has 0 fully saturated rings. The molecule has 0 spiro atoms. The highest BCUT2D eigenvalue weighted by Gasteiger charge is 2.21. The molecule has 0 bridgehead atoms. The van der Waals surface area contributed by atoms with Crippen molar-refractivity contribution in [3.8, 4) is 12.1 Å². The number of carbonyl (C=O) groups excluding carboxylic acids is 1. The number of nitrogens with zero attached hydrogens (tertiary/aromatic N) is 2. The number of ether oxygens (including phenoxy) is 1. The SMILES string of the molecule is CC(C)(Cc1c(Cl)cc(C=CC=C(C#N)C#N)cc1Cl)OC(=O)[O-]. The van der Waals surface area contributed by atoms with Gasteiger partial charge in [-0.2, -0.15) is 10.5 Å². The third kappa shape index (κ3) is 5.96. The van der Waals surface area contributed by atoms with E-state index in [1.54, 1.807) is 44.2 Å². The zero-order chi connectivity index (χ0) is 18.3. The van der Waals surface area contributed by atoms with Crippen molar-refractivity contribution in [2.45, 2.75) is 25.9 Å². The molecular weight excluding hydrogens is 351 g/mol. The van der Waals surface area contributed by atoms with Gasteiger partial charge in [-0.1, -0.05) is 35.4 Å². The normalized spacial score (nSPS) is 10.8. The first-order chi connectivity index (χ1) is 11.2. The Labute approximate surface area is 150 Å². The second-order valence-electron chi connectivity index (χ2n) is 5.41. The molecule has 1 aromatic rings. The Hall–Kier alpha value is -2.47. The molecule has 0 heterocycles. The molecule has 0 unspecified atom stereocenters. The fourth-order valence-corrected chi connectivity index (χ4v) is 2.57. The van der Waals surface area contributed by atoms with Crippen molar-refractivity contribution in [1.82, 2.24) is 0 Å². The quantitative estimate of drug-likeness (QED) is 0.451. The van der Waals surface area contributed by atoms with Crippen LogP contribution in [0, 0.1) is 22.7 Å². The Morgan fingerprint density at radius 2 is 1.83 bits per heavy atom. The minimum Gasteiger partial charge on any atom is -0.543 e. The van der Waals surface area contributed by atoms with Crippen LogP contribution in [-0.4, -0.2) is 11.8 Å². The largest absolute Gasteiger partial charge is 0.543 e. The first-order valence-electron chi connectivity index (χ1n) is 6.75. The van der Waals surface area contributed by atoms with Crippen LogP contribution in [0.25, 0.3) is 6.08 Å². The lowest BCUT2D eigenvalue weighted by Crippen LogP contribution is -2.37. The Morgan fingerprint density at radius 3 is 2.29 bits per heavy atom.